The molecule has 0 spiro atoms. The van der Waals surface area contributed by atoms with Gasteiger partial charge in [0.05, 0.1) is 16.2 Å². The third-order valence-electron chi connectivity index (χ3n) is 6.82. The first-order valence-corrected chi connectivity index (χ1v) is 11.8. The molecule has 156 valence electrons. The second-order valence-electron chi connectivity index (χ2n) is 8.71. The van der Waals surface area contributed by atoms with E-state index in [0.717, 1.165) is 38.8 Å². The number of aromatic nitrogens is 2. The van der Waals surface area contributed by atoms with E-state index in [-0.39, 0.29) is 22.8 Å². The molecular weight excluding hydrogens is 382 g/mol. The Morgan fingerprint density at radius 2 is 1.86 bits per heavy atom. The van der Waals surface area contributed by atoms with Crippen LogP contribution in [0.1, 0.15) is 58.9 Å². The minimum Gasteiger partial charge on any atom is -0.342 e. The van der Waals surface area contributed by atoms with Crippen molar-refractivity contribution < 1.29 is 4.79 Å². The zero-order valence-corrected chi connectivity index (χ0v) is 18.5. The van der Waals surface area contributed by atoms with E-state index in [1.807, 2.05) is 40.7 Å². The molecule has 1 aromatic heterocycles. The van der Waals surface area contributed by atoms with Crippen molar-refractivity contribution in [1.29, 1.82) is 0 Å². The standard InChI is InChI=1S/C23H31N3O2S/c1-15-9-8-12-20(16(15)2)26-22(28)18-10-4-5-11-19(18)24-23(26)29-17(3)21(27)25-13-6-7-14-25/h4-5,10-11,15-17,20H,6-9,12-14H2,1-3H3/t15-,16-,17+,20+/m1/s1. The van der Waals surface area contributed by atoms with Gasteiger partial charge in [-0.25, -0.2) is 4.98 Å². The van der Waals surface area contributed by atoms with Gasteiger partial charge in [0.1, 0.15) is 0 Å². The van der Waals surface area contributed by atoms with Gasteiger partial charge in [-0.1, -0.05) is 50.6 Å². The van der Waals surface area contributed by atoms with E-state index in [1.165, 1.54) is 18.2 Å². The first-order chi connectivity index (χ1) is 14.0. The maximum Gasteiger partial charge on any atom is 0.262 e. The van der Waals surface area contributed by atoms with Crippen LogP contribution < -0.4 is 5.56 Å². The number of para-hydroxylation sites is 1. The number of carbonyl (C=O) groups is 1. The average Bonchev–Trinajstić information content (AvgIpc) is 3.25. The summed E-state index contributed by atoms with van der Waals surface area (Å²) < 4.78 is 1.92. The van der Waals surface area contributed by atoms with Crippen LogP contribution in [0.5, 0.6) is 0 Å². The highest BCUT2D eigenvalue weighted by Gasteiger charge is 2.33. The van der Waals surface area contributed by atoms with Crippen molar-refractivity contribution in [3.63, 3.8) is 0 Å². The summed E-state index contributed by atoms with van der Waals surface area (Å²) in [5.41, 5.74) is 0.749. The molecule has 2 fully saturated rings. The van der Waals surface area contributed by atoms with Gasteiger partial charge in [-0.3, -0.25) is 14.2 Å². The Bertz CT molecular complexity index is 951. The number of thioether (sulfide) groups is 1. The quantitative estimate of drug-likeness (QED) is 0.547. The predicted molar refractivity (Wildman–Crippen MR) is 118 cm³/mol. The fourth-order valence-electron chi connectivity index (χ4n) is 4.82. The number of likely N-dealkylation sites (tertiary alicyclic amines) is 1. The Labute approximate surface area is 176 Å². The van der Waals surface area contributed by atoms with E-state index < -0.39 is 0 Å². The lowest BCUT2D eigenvalue weighted by Gasteiger charge is -2.36. The van der Waals surface area contributed by atoms with E-state index >= 15 is 0 Å². The molecule has 5 nitrogen and oxygen atoms in total. The number of benzene rings is 1. The van der Waals surface area contributed by atoms with Crippen molar-refractivity contribution in [3.05, 3.63) is 34.6 Å². The summed E-state index contributed by atoms with van der Waals surface area (Å²) in [5.74, 6) is 1.15. The van der Waals surface area contributed by atoms with Gasteiger partial charge in [0.25, 0.3) is 5.56 Å². The van der Waals surface area contributed by atoms with Gasteiger partial charge < -0.3 is 4.90 Å². The molecule has 1 amide bonds. The summed E-state index contributed by atoms with van der Waals surface area (Å²) >= 11 is 1.45. The van der Waals surface area contributed by atoms with Crippen molar-refractivity contribution in [2.75, 3.05) is 13.1 Å². The summed E-state index contributed by atoms with van der Waals surface area (Å²) in [4.78, 5) is 33.2. The monoisotopic (exact) mass is 413 g/mol. The maximum absolute atomic E-state index is 13.5. The molecular formula is C23H31N3O2S. The zero-order chi connectivity index (χ0) is 20.5. The Hall–Kier alpha value is -1.82. The largest absolute Gasteiger partial charge is 0.342 e. The summed E-state index contributed by atoms with van der Waals surface area (Å²) in [6.07, 6.45) is 5.49. The molecule has 2 aliphatic rings. The molecule has 1 aliphatic heterocycles. The molecule has 1 aliphatic carbocycles. The van der Waals surface area contributed by atoms with E-state index in [4.69, 9.17) is 4.98 Å². The number of carbonyl (C=O) groups excluding carboxylic acids is 1. The van der Waals surface area contributed by atoms with Gasteiger partial charge in [-0.2, -0.15) is 0 Å². The summed E-state index contributed by atoms with van der Waals surface area (Å²) in [6.45, 7) is 8.17. The third kappa shape index (κ3) is 3.96. The smallest absolute Gasteiger partial charge is 0.262 e. The lowest BCUT2D eigenvalue weighted by molar-refractivity contribution is -0.129. The predicted octanol–water partition coefficient (Wildman–Crippen LogP) is 4.50. The normalized spacial score (nSPS) is 26.0. The van der Waals surface area contributed by atoms with Gasteiger partial charge in [0.15, 0.2) is 5.16 Å². The molecule has 6 heteroatoms. The Kier molecular flexibility index (Phi) is 6.00. The molecule has 1 aromatic carbocycles. The molecule has 1 saturated heterocycles. The molecule has 0 unspecified atom stereocenters. The van der Waals surface area contributed by atoms with Gasteiger partial charge in [0, 0.05) is 19.1 Å². The van der Waals surface area contributed by atoms with Crippen LogP contribution in [0.2, 0.25) is 0 Å². The zero-order valence-electron chi connectivity index (χ0n) is 17.6. The minimum atomic E-state index is -0.247. The molecule has 0 radical (unpaired) electrons. The number of fused-ring (bicyclic) bond motifs is 1. The molecule has 0 bridgehead atoms. The van der Waals surface area contributed by atoms with Gasteiger partial charge in [0.2, 0.25) is 5.91 Å². The molecule has 1 saturated carbocycles. The van der Waals surface area contributed by atoms with Crippen LogP contribution in [-0.4, -0.2) is 38.7 Å². The lowest BCUT2D eigenvalue weighted by Crippen LogP contribution is -2.37. The highest BCUT2D eigenvalue weighted by atomic mass is 32.2. The van der Waals surface area contributed by atoms with E-state index in [0.29, 0.717) is 27.9 Å². The van der Waals surface area contributed by atoms with Crippen molar-refractivity contribution in [2.24, 2.45) is 11.8 Å². The number of hydrogen-bond donors (Lipinski definition) is 0. The Balaban J connectivity index is 1.75. The second-order valence-corrected chi connectivity index (χ2v) is 10.0. The molecule has 29 heavy (non-hydrogen) atoms. The Morgan fingerprint density at radius 1 is 1.14 bits per heavy atom. The third-order valence-corrected chi connectivity index (χ3v) is 7.87. The minimum absolute atomic E-state index is 0.0323. The second kappa shape index (κ2) is 8.50. The van der Waals surface area contributed by atoms with E-state index in [1.54, 1.807) is 0 Å². The molecule has 4 rings (SSSR count). The van der Waals surface area contributed by atoms with Crippen LogP contribution in [0.25, 0.3) is 10.9 Å². The van der Waals surface area contributed by atoms with Crippen molar-refractivity contribution >= 4 is 28.6 Å². The topological polar surface area (TPSA) is 55.2 Å². The molecule has 4 atom stereocenters. The fourth-order valence-corrected chi connectivity index (χ4v) is 5.87. The first kappa shape index (κ1) is 20.5. The number of hydrogen-bond acceptors (Lipinski definition) is 4. The van der Waals surface area contributed by atoms with Crippen LogP contribution in [0.15, 0.2) is 34.2 Å². The van der Waals surface area contributed by atoms with Crippen molar-refractivity contribution in [2.45, 2.75) is 69.3 Å². The van der Waals surface area contributed by atoms with Crippen LogP contribution in [0.4, 0.5) is 0 Å². The first-order valence-electron chi connectivity index (χ1n) is 10.9. The highest BCUT2D eigenvalue weighted by molar-refractivity contribution is 8.00. The SMILES string of the molecule is C[C@@H]1[C@H](C)CCC[C@@H]1n1c(S[C@@H](C)C(=O)N2CCCC2)nc2ccccc2c1=O. The maximum atomic E-state index is 13.5. The van der Waals surface area contributed by atoms with Crippen LogP contribution in [0.3, 0.4) is 0 Å². The van der Waals surface area contributed by atoms with E-state index in [9.17, 15) is 9.59 Å². The summed E-state index contributed by atoms with van der Waals surface area (Å²) in [6, 6.07) is 7.71. The molecule has 2 aromatic rings. The molecule has 2 heterocycles. The van der Waals surface area contributed by atoms with Gasteiger partial charge in [-0.05, 0) is 50.2 Å². The van der Waals surface area contributed by atoms with E-state index in [2.05, 4.69) is 13.8 Å². The van der Waals surface area contributed by atoms with Crippen LogP contribution >= 0.6 is 11.8 Å². The highest BCUT2D eigenvalue weighted by Crippen LogP contribution is 2.39. The molecule has 0 N–H and O–H groups in total. The number of nitrogens with zero attached hydrogens (tertiary/aromatic N) is 3. The Morgan fingerprint density at radius 3 is 2.62 bits per heavy atom. The fraction of sp³-hybridized carbons (Fsp3) is 0.609. The van der Waals surface area contributed by atoms with Crippen LogP contribution in [-0.2, 0) is 4.79 Å². The van der Waals surface area contributed by atoms with Crippen molar-refractivity contribution in [1.82, 2.24) is 14.5 Å². The number of amides is 1. The van der Waals surface area contributed by atoms with Crippen molar-refractivity contribution in [3.8, 4) is 0 Å². The average molecular weight is 414 g/mol. The lowest BCUT2D eigenvalue weighted by atomic mass is 9.78. The van der Waals surface area contributed by atoms with Gasteiger partial charge in [-0.15, -0.1) is 0 Å². The van der Waals surface area contributed by atoms with Gasteiger partial charge >= 0.3 is 0 Å². The number of rotatable bonds is 4. The summed E-state index contributed by atoms with van der Waals surface area (Å²) in [7, 11) is 0. The summed E-state index contributed by atoms with van der Waals surface area (Å²) in [5, 5.41) is 1.12. The van der Waals surface area contributed by atoms with Crippen LogP contribution in [0, 0.1) is 11.8 Å².